The third-order valence-corrected chi connectivity index (χ3v) is 8.63. The topological polar surface area (TPSA) is 109 Å². The molecular weight excluding hydrogens is 484 g/mol. The molecule has 9 nitrogen and oxygen atoms in total. The summed E-state index contributed by atoms with van der Waals surface area (Å²) in [6, 6.07) is 8.72. The van der Waals surface area contributed by atoms with Crippen LogP contribution in [0.3, 0.4) is 0 Å². The minimum Gasteiger partial charge on any atom is -0.378 e. The minimum atomic E-state index is -1.03. The van der Waals surface area contributed by atoms with Crippen LogP contribution in [0.2, 0.25) is 0 Å². The lowest BCUT2D eigenvalue weighted by molar-refractivity contribution is -0.141. The zero-order chi connectivity index (χ0) is 26.5. The SMILES string of the molecule is CC[C@H](NC(=O)C(CC(=O)N1CCOCC1)[C@H]1C[C@H]1C1CCCCC1)C(=O)C1N=C(c2ccccc2)NO1. The van der Waals surface area contributed by atoms with E-state index >= 15 is 0 Å². The van der Waals surface area contributed by atoms with E-state index in [0.29, 0.717) is 50.4 Å². The summed E-state index contributed by atoms with van der Waals surface area (Å²) in [7, 11) is 0. The number of benzene rings is 1. The van der Waals surface area contributed by atoms with Gasteiger partial charge in [0.15, 0.2) is 5.84 Å². The van der Waals surface area contributed by atoms with Gasteiger partial charge in [-0.3, -0.25) is 14.4 Å². The van der Waals surface area contributed by atoms with E-state index in [1.165, 1.54) is 32.1 Å². The zero-order valence-electron chi connectivity index (χ0n) is 22.3. The molecule has 1 saturated heterocycles. The molecule has 2 aliphatic carbocycles. The lowest BCUT2D eigenvalue weighted by Gasteiger charge is -2.29. The number of rotatable bonds is 10. The zero-order valence-corrected chi connectivity index (χ0v) is 22.3. The molecule has 3 fully saturated rings. The van der Waals surface area contributed by atoms with Gasteiger partial charge in [0.2, 0.25) is 23.8 Å². The molecule has 1 aromatic rings. The summed E-state index contributed by atoms with van der Waals surface area (Å²) in [4.78, 5) is 51.9. The molecule has 4 aliphatic rings. The van der Waals surface area contributed by atoms with Crippen molar-refractivity contribution >= 4 is 23.4 Å². The monoisotopic (exact) mass is 524 g/mol. The first-order chi connectivity index (χ1) is 18.5. The molecule has 38 heavy (non-hydrogen) atoms. The van der Waals surface area contributed by atoms with E-state index in [2.05, 4.69) is 15.8 Å². The molecule has 0 aromatic heterocycles. The normalized spacial score (nSPS) is 27.1. The number of carbonyl (C=O) groups excluding carboxylic acids is 3. The number of hydroxylamine groups is 1. The number of Topliss-reactive ketones (excluding diaryl/α,β-unsaturated/α-hetero) is 1. The quantitative estimate of drug-likeness (QED) is 0.487. The number of aliphatic imine (C=N–C) groups is 1. The number of amides is 2. The molecule has 5 atom stereocenters. The van der Waals surface area contributed by atoms with Crippen LogP contribution in [0.15, 0.2) is 35.3 Å². The van der Waals surface area contributed by atoms with E-state index in [4.69, 9.17) is 9.57 Å². The van der Waals surface area contributed by atoms with Crippen molar-refractivity contribution < 1.29 is 24.0 Å². The molecule has 206 valence electrons. The highest BCUT2D eigenvalue weighted by molar-refractivity contribution is 6.02. The smallest absolute Gasteiger partial charge is 0.237 e. The van der Waals surface area contributed by atoms with Crippen molar-refractivity contribution in [1.29, 1.82) is 0 Å². The van der Waals surface area contributed by atoms with E-state index in [0.717, 1.165) is 12.0 Å². The lowest BCUT2D eigenvalue weighted by atomic mass is 9.83. The molecule has 0 radical (unpaired) electrons. The summed E-state index contributed by atoms with van der Waals surface area (Å²) in [6.45, 7) is 4.05. The van der Waals surface area contributed by atoms with Crippen LogP contribution in [0, 0.1) is 23.7 Å². The molecule has 2 aliphatic heterocycles. The van der Waals surface area contributed by atoms with Crippen LogP contribution in [-0.2, 0) is 24.0 Å². The number of hydrogen-bond donors (Lipinski definition) is 2. The van der Waals surface area contributed by atoms with Gasteiger partial charge in [-0.15, -0.1) is 0 Å². The van der Waals surface area contributed by atoms with E-state index < -0.39 is 18.2 Å². The summed E-state index contributed by atoms with van der Waals surface area (Å²) in [6.07, 6.45) is 6.80. The van der Waals surface area contributed by atoms with Crippen molar-refractivity contribution in [2.45, 2.75) is 70.6 Å². The second kappa shape index (κ2) is 12.4. The summed E-state index contributed by atoms with van der Waals surface area (Å²) >= 11 is 0. The number of nitrogens with zero attached hydrogens (tertiary/aromatic N) is 2. The van der Waals surface area contributed by atoms with Crippen molar-refractivity contribution in [2.24, 2.45) is 28.7 Å². The first kappa shape index (κ1) is 26.8. The van der Waals surface area contributed by atoms with Crippen LogP contribution < -0.4 is 10.8 Å². The second-order valence-electron chi connectivity index (χ2n) is 11.1. The van der Waals surface area contributed by atoms with E-state index in [1.54, 1.807) is 0 Å². The lowest BCUT2D eigenvalue weighted by Crippen LogP contribution is -2.49. The third kappa shape index (κ3) is 6.26. The van der Waals surface area contributed by atoms with Gasteiger partial charge in [-0.25, -0.2) is 15.3 Å². The van der Waals surface area contributed by atoms with Crippen molar-refractivity contribution in [3.63, 3.8) is 0 Å². The number of amidine groups is 1. The molecular formula is C29H40N4O5. The molecule has 2 N–H and O–H groups in total. The van der Waals surface area contributed by atoms with Crippen molar-refractivity contribution in [3.8, 4) is 0 Å². The number of morpholine rings is 1. The van der Waals surface area contributed by atoms with Gasteiger partial charge in [-0.05, 0) is 30.6 Å². The molecule has 2 saturated carbocycles. The van der Waals surface area contributed by atoms with E-state index in [1.807, 2.05) is 42.2 Å². The molecule has 0 spiro atoms. The third-order valence-electron chi connectivity index (χ3n) is 8.63. The van der Waals surface area contributed by atoms with Gasteiger partial charge in [0.1, 0.15) is 0 Å². The maximum Gasteiger partial charge on any atom is 0.237 e. The van der Waals surface area contributed by atoms with Crippen LogP contribution in [-0.4, -0.2) is 66.9 Å². The minimum absolute atomic E-state index is 0.00236. The Morgan fingerprint density at radius 1 is 1.11 bits per heavy atom. The highest BCUT2D eigenvalue weighted by atomic mass is 16.7. The number of hydrogen-bond acceptors (Lipinski definition) is 7. The predicted molar refractivity (Wildman–Crippen MR) is 142 cm³/mol. The Bertz CT molecular complexity index is 1020. The molecule has 9 heteroatoms. The van der Waals surface area contributed by atoms with Crippen molar-refractivity contribution in [1.82, 2.24) is 15.7 Å². The van der Waals surface area contributed by atoms with Crippen LogP contribution >= 0.6 is 0 Å². The van der Waals surface area contributed by atoms with Gasteiger partial charge in [0.25, 0.3) is 0 Å². The van der Waals surface area contributed by atoms with Gasteiger partial charge in [-0.1, -0.05) is 69.4 Å². The van der Waals surface area contributed by atoms with Crippen molar-refractivity contribution in [3.05, 3.63) is 35.9 Å². The standard InChI is InChI=1S/C29H40N4O5/c1-2-24(26(35)29-31-27(32-38-29)20-11-7-4-8-12-20)30-28(36)23(18-25(34)33-13-15-37-16-14-33)22-17-21(22)19-9-5-3-6-10-19/h4,7-8,11-12,19,21-24,29H,2-3,5-6,9-10,13-18H2,1H3,(H,30,36)(H,31,32)/t21-,22-,23?,24-,29?/m0/s1. The Morgan fingerprint density at radius 3 is 2.55 bits per heavy atom. The van der Waals surface area contributed by atoms with E-state index in [9.17, 15) is 14.4 Å². The summed E-state index contributed by atoms with van der Waals surface area (Å²) in [5.74, 6) is 0.919. The average molecular weight is 525 g/mol. The second-order valence-corrected chi connectivity index (χ2v) is 11.1. The Hall–Kier alpha value is -2.78. The fourth-order valence-corrected chi connectivity index (χ4v) is 6.33. The van der Waals surface area contributed by atoms with Crippen LogP contribution in [0.5, 0.6) is 0 Å². The Labute approximate surface area is 224 Å². The molecule has 2 amide bonds. The van der Waals surface area contributed by atoms with Crippen LogP contribution in [0.4, 0.5) is 0 Å². The number of ether oxygens (including phenoxy) is 1. The summed E-state index contributed by atoms with van der Waals surface area (Å²) in [5, 5.41) is 2.99. The molecule has 0 bridgehead atoms. The van der Waals surface area contributed by atoms with Gasteiger partial charge >= 0.3 is 0 Å². The van der Waals surface area contributed by atoms with Crippen LogP contribution in [0.1, 0.15) is 63.9 Å². The predicted octanol–water partition coefficient (Wildman–Crippen LogP) is 2.84. The first-order valence-electron chi connectivity index (χ1n) is 14.3. The Morgan fingerprint density at radius 2 is 1.84 bits per heavy atom. The fraction of sp³-hybridized carbons (Fsp3) is 0.655. The Balaban J connectivity index is 1.25. The van der Waals surface area contributed by atoms with Crippen molar-refractivity contribution in [2.75, 3.05) is 26.3 Å². The average Bonchev–Trinajstić information content (AvgIpc) is 3.61. The van der Waals surface area contributed by atoms with E-state index in [-0.39, 0.29) is 29.9 Å². The number of ketones is 1. The first-order valence-corrected chi connectivity index (χ1v) is 14.3. The maximum atomic E-state index is 13.7. The molecule has 2 heterocycles. The summed E-state index contributed by atoms with van der Waals surface area (Å²) < 4.78 is 5.40. The van der Waals surface area contributed by atoms with Gasteiger partial charge < -0.3 is 15.0 Å². The number of nitrogens with one attached hydrogen (secondary N) is 2. The Kier molecular flexibility index (Phi) is 8.74. The summed E-state index contributed by atoms with van der Waals surface area (Å²) in [5.41, 5.74) is 3.57. The number of carbonyl (C=O) groups is 3. The molecule has 5 rings (SSSR count). The largest absolute Gasteiger partial charge is 0.378 e. The van der Waals surface area contributed by atoms with Gasteiger partial charge in [-0.2, -0.15) is 0 Å². The molecule has 1 aromatic carbocycles. The fourth-order valence-electron chi connectivity index (χ4n) is 6.33. The van der Waals surface area contributed by atoms with Gasteiger partial charge in [0, 0.05) is 31.0 Å². The molecule has 2 unspecified atom stereocenters. The highest BCUT2D eigenvalue weighted by Crippen LogP contribution is 2.53. The highest BCUT2D eigenvalue weighted by Gasteiger charge is 2.50. The van der Waals surface area contributed by atoms with Gasteiger partial charge in [0.05, 0.1) is 19.3 Å². The van der Waals surface area contributed by atoms with Crippen LogP contribution in [0.25, 0.3) is 0 Å². The maximum absolute atomic E-state index is 13.7.